The molecule has 4 heteroatoms. The van der Waals surface area contributed by atoms with Crippen LogP contribution in [0.25, 0.3) is 10.6 Å². The normalized spacial score (nSPS) is 10.1. The topological polar surface area (TPSA) is 22.1 Å². The number of hydrogen-bond donors (Lipinski definition) is 0. The Morgan fingerprint density at radius 2 is 2.14 bits per heavy atom. The average molecular weight is 226 g/mol. The summed E-state index contributed by atoms with van der Waals surface area (Å²) in [5, 5.41) is 0.882. The van der Waals surface area contributed by atoms with Gasteiger partial charge in [0.2, 0.25) is 0 Å². The van der Waals surface area contributed by atoms with Crippen LogP contribution in [0.4, 0.5) is 0 Å². The molecular formula is C10H8ClNOS. The Morgan fingerprint density at radius 3 is 2.79 bits per heavy atom. The fourth-order valence-corrected chi connectivity index (χ4v) is 2.14. The Morgan fingerprint density at radius 1 is 1.36 bits per heavy atom. The summed E-state index contributed by atoms with van der Waals surface area (Å²) in [4.78, 5) is 4.20. The van der Waals surface area contributed by atoms with Gasteiger partial charge in [0.15, 0.2) is 0 Å². The van der Waals surface area contributed by atoms with E-state index in [9.17, 15) is 0 Å². The molecule has 0 bridgehead atoms. The molecule has 14 heavy (non-hydrogen) atoms. The third kappa shape index (κ3) is 1.74. The number of hydrogen-bond acceptors (Lipinski definition) is 3. The Bertz CT molecular complexity index is 441. The number of nitrogens with zero attached hydrogens (tertiary/aromatic N) is 1. The molecule has 0 aliphatic rings. The predicted octanol–water partition coefficient (Wildman–Crippen LogP) is 3.47. The molecule has 0 saturated carbocycles. The molecule has 0 saturated heterocycles. The molecule has 2 aromatic rings. The van der Waals surface area contributed by atoms with E-state index in [2.05, 4.69) is 4.98 Å². The monoisotopic (exact) mass is 225 g/mol. The molecule has 0 fully saturated rings. The first-order valence-corrected chi connectivity index (χ1v) is 5.25. The van der Waals surface area contributed by atoms with Crippen LogP contribution in [0.5, 0.6) is 5.75 Å². The summed E-state index contributed by atoms with van der Waals surface area (Å²) < 4.78 is 5.92. The molecule has 2 rings (SSSR count). The van der Waals surface area contributed by atoms with Crippen molar-refractivity contribution >= 4 is 22.9 Å². The zero-order chi connectivity index (χ0) is 9.97. The number of methoxy groups -OCH3 is 1. The van der Waals surface area contributed by atoms with Gasteiger partial charge < -0.3 is 4.74 Å². The van der Waals surface area contributed by atoms with E-state index in [-0.39, 0.29) is 0 Å². The van der Waals surface area contributed by atoms with Crippen LogP contribution in [0.2, 0.25) is 4.34 Å². The Hall–Kier alpha value is -1.06. The van der Waals surface area contributed by atoms with Crippen molar-refractivity contribution < 1.29 is 4.74 Å². The smallest absolute Gasteiger partial charge is 0.129 e. The molecule has 0 amide bonds. The van der Waals surface area contributed by atoms with Crippen molar-refractivity contribution in [1.82, 2.24) is 4.98 Å². The molecule has 2 nitrogen and oxygen atoms in total. The number of ether oxygens (including phenoxy) is 1. The highest BCUT2D eigenvalue weighted by atomic mass is 35.5. The van der Waals surface area contributed by atoms with E-state index in [0.29, 0.717) is 4.34 Å². The van der Waals surface area contributed by atoms with Gasteiger partial charge in [-0.15, -0.1) is 11.3 Å². The third-order valence-electron chi connectivity index (χ3n) is 1.81. The molecule has 1 aromatic heterocycles. The maximum Gasteiger partial charge on any atom is 0.129 e. The van der Waals surface area contributed by atoms with Crippen molar-refractivity contribution in [3.8, 4) is 16.3 Å². The Balaban J connectivity index is 2.50. The van der Waals surface area contributed by atoms with E-state index in [1.807, 2.05) is 24.3 Å². The molecule has 0 aliphatic heterocycles. The van der Waals surface area contributed by atoms with E-state index in [0.717, 1.165) is 16.3 Å². The lowest BCUT2D eigenvalue weighted by Crippen LogP contribution is -1.85. The van der Waals surface area contributed by atoms with Crippen molar-refractivity contribution in [2.45, 2.75) is 0 Å². The summed E-state index contributed by atoms with van der Waals surface area (Å²) in [5.74, 6) is 0.818. The van der Waals surface area contributed by atoms with Crippen LogP contribution in [0.3, 0.4) is 0 Å². The van der Waals surface area contributed by atoms with Gasteiger partial charge in [0.05, 0.1) is 18.9 Å². The van der Waals surface area contributed by atoms with Gasteiger partial charge in [0.25, 0.3) is 0 Å². The fraction of sp³-hybridized carbons (Fsp3) is 0.100. The molecular weight excluding hydrogens is 218 g/mol. The highest BCUT2D eigenvalue weighted by Gasteiger charge is 2.08. The maximum atomic E-state index is 5.82. The Kier molecular flexibility index (Phi) is 2.70. The first kappa shape index (κ1) is 9.49. The highest BCUT2D eigenvalue weighted by Crippen LogP contribution is 2.33. The molecule has 1 aromatic carbocycles. The van der Waals surface area contributed by atoms with Crippen molar-refractivity contribution in [3.63, 3.8) is 0 Å². The molecule has 0 aliphatic carbocycles. The fourth-order valence-electron chi connectivity index (χ4n) is 1.20. The van der Waals surface area contributed by atoms with E-state index >= 15 is 0 Å². The van der Waals surface area contributed by atoms with Gasteiger partial charge >= 0.3 is 0 Å². The summed E-state index contributed by atoms with van der Waals surface area (Å²) in [6.45, 7) is 0. The summed E-state index contributed by atoms with van der Waals surface area (Å²) in [7, 11) is 1.65. The van der Waals surface area contributed by atoms with Crippen LogP contribution in [0.15, 0.2) is 30.5 Å². The first-order chi connectivity index (χ1) is 6.81. The summed E-state index contributed by atoms with van der Waals surface area (Å²) in [6, 6.07) is 7.75. The average Bonchev–Trinajstić information content (AvgIpc) is 2.65. The second kappa shape index (κ2) is 3.98. The van der Waals surface area contributed by atoms with Gasteiger partial charge in [-0.3, -0.25) is 0 Å². The van der Waals surface area contributed by atoms with E-state index in [4.69, 9.17) is 16.3 Å². The first-order valence-electron chi connectivity index (χ1n) is 4.06. The van der Waals surface area contributed by atoms with Gasteiger partial charge in [-0.1, -0.05) is 23.7 Å². The minimum Gasteiger partial charge on any atom is -0.496 e. The zero-order valence-electron chi connectivity index (χ0n) is 7.53. The van der Waals surface area contributed by atoms with Gasteiger partial charge in [-0.2, -0.15) is 0 Å². The second-order valence-electron chi connectivity index (χ2n) is 2.67. The minimum absolute atomic E-state index is 0.686. The molecule has 0 unspecified atom stereocenters. The van der Waals surface area contributed by atoms with E-state index in [1.54, 1.807) is 13.3 Å². The van der Waals surface area contributed by atoms with Crippen LogP contribution in [0, 0.1) is 0 Å². The minimum atomic E-state index is 0.686. The second-order valence-corrected chi connectivity index (χ2v) is 4.33. The molecule has 0 radical (unpaired) electrons. The highest BCUT2D eigenvalue weighted by molar-refractivity contribution is 7.18. The van der Waals surface area contributed by atoms with Crippen LogP contribution in [0.1, 0.15) is 0 Å². The number of aromatic nitrogens is 1. The van der Waals surface area contributed by atoms with Gasteiger partial charge in [-0.25, -0.2) is 4.98 Å². The molecule has 72 valence electrons. The van der Waals surface area contributed by atoms with Crippen LogP contribution < -0.4 is 4.74 Å². The van der Waals surface area contributed by atoms with Gasteiger partial charge in [-0.05, 0) is 12.1 Å². The van der Waals surface area contributed by atoms with Crippen LogP contribution in [-0.4, -0.2) is 12.1 Å². The standard InChI is InChI=1S/C10H8ClNOS/c1-13-8-5-3-2-4-7(8)10-12-6-9(11)14-10/h2-6H,1H3. The van der Waals surface area contributed by atoms with Crippen molar-refractivity contribution in [2.75, 3.05) is 7.11 Å². The lowest BCUT2D eigenvalue weighted by atomic mass is 10.2. The number of benzene rings is 1. The van der Waals surface area contributed by atoms with Gasteiger partial charge in [0, 0.05) is 0 Å². The largest absolute Gasteiger partial charge is 0.496 e. The maximum absolute atomic E-state index is 5.82. The van der Waals surface area contributed by atoms with E-state index in [1.165, 1.54) is 11.3 Å². The lowest BCUT2D eigenvalue weighted by Gasteiger charge is -2.04. The summed E-state index contributed by atoms with van der Waals surface area (Å²) in [6.07, 6.45) is 1.65. The number of halogens is 1. The van der Waals surface area contributed by atoms with Crippen LogP contribution >= 0.6 is 22.9 Å². The third-order valence-corrected chi connectivity index (χ3v) is 2.96. The molecule has 1 heterocycles. The summed E-state index contributed by atoms with van der Waals surface area (Å²) >= 11 is 7.27. The summed E-state index contributed by atoms with van der Waals surface area (Å²) in [5.41, 5.74) is 0.979. The predicted molar refractivity (Wildman–Crippen MR) is 59.1 cm³/mol. The van der Waals surface area contributed by atoms with E-state index < -0.39 is 0 Å². The van der Waals surface area contributed by atoms with Crippen molar-refractivity contribution in [3.05, 3.63) is 34.8 Å². The van der Waals surface area contributed by atoms with Gasteiger partial charge in [0.1, 0.15) is 15.1 Å². The van der Waals surface area contributed by atoms with Crippen molar-refractivity contribution in [1.29, 1.82) is 0 Å². The number of thiazole rings is 1. The number of para-hydroxylation sites is 1. The Labute approximate surface area is 91.1 Å². The molecule has 0 N–H and O–H groups in total. The molecule has 0 spiro atoms. The SMILES string of the molecule is COc1ccccc1-c1ncc(Cl)s1. The number of rotatable bonds is 2. The zero-order valence-corrected chi connectivity index (χ0v) is 9.10. The van der Waals surface area contributed by atoms with Crippen molar-refractivity contribution in [2.24, 2.45) is 0 Å². The lowest BCUT2D eigenvalue weighted by molar-refractivity contribution is 0.416. The molecule has 0 atom stereocenters. The van der Waals surface area contributed by atoms with Crippen LogP contribution in [-0.2, 0) is 0 Å². The quantitative estimate of drug-likeness (QED) is 0.781.